The number of nitrogens with zero attached hydrogens (tertiary/aromatic N) is 4. The lowest BCUT2D eigenvalue weighted by Crippen LogP contribution is -2.44. The van der Waals surface area contributed by atoms with Gasteiger partial charge in [-0.15, -0.1) is 24.2 Å². The van der Waals surface area contributed by atoms with Crippen molar-refractivity contribution >= 4 is 24.2 Å². The van der Waals surface area contributed by atoms with Gasteiger partial charge in [-0.3, -0.25) is 0 Å². The van der Waals surface area contributed by atoms with Crippen molar-refractivity contribution in [3.63, 3.8) is 0 Å². The van der Waals surface area contributed by atoms with E-state index in [1.165, 1.54) is 0 Å². The summed E-state index contributed by atoms with van der Waals surface area (Å²) in [6.07, 6.45) is 2.91. The molecule has 1 aliphatic carbocycles. The molecule has 0 bridgehead atoms. The molecule has 0 radical (unpaired) electrons. The smallest absolute Gasteiger partial charge is 0.259 e. The minimum atomic E-state index is -0.425. The van der Waals surface area contributed by atoms with Gasteiger partial charge in [0.05, 0.1) is 16.9 Å². The summed E-state index contributed by atoms with van der Waals surface area (Å²) in [5.74, 6) is 2.89. The van der Waals surface area contributed by atoms with Crippen LogP contribution in [0.4, 0.5) is 0 Å². The average Bonchev–Trinajstić information content (AvgIpc) is 3.20. The van der Waals surface area contributed by atoms with Crippen LogP contribution in [0.2, 0.25) is 0 Å². The third-order valence-electron chi connectivity index (χ3n) is 4.16. The molecule has 0 unspecified atom stereocenters. The number of thioether (sulfide) groups is 1. The third kappa shape index (κ3) is 3.56. The number of aryl methyl sites for hydroxylation is 1. The first kappa shape index (κ1) is 17.9. The van der Waals surface area contributed by atoms with Crippen molar-refractivity contribution < 1.29 is 9.05 Å². The zero-order valence-electron chi connectivity index (χ0n) is 13.6. The molecule has 0 spiro atoms. The highest BCUT2D eigenvalue weighted by molar-refractivity contribution is 7.98. The molecule has 2 N–H and O–H groups in total. The average molecular weight is 380 g/mol. The highest BCUT2D eigenvalue weighted by Gasteiger charge is 2.39. The third-order valence-corrected chi connectivity index (χ3v) is 5.21. The lowest BCUT2D eigenvalue weighted by molar-refractivity contribution is 0.229. The molecule has 0 atom stereocenters. The predicted octanol–water partition coefficient (Wildman–Crippen LogP) is 3.48. The number of rotatable bonds is 5. The highest BCUT2D eigenvalue weighted by Crippen LogP contribution is 2.39. The second kappa shape index (κ2) is 7.15. The number of nitrogens with two attached hydrogens (primary N) is 1. The first-order valence-electron chi connectivity index (χ1n) is 7.78. The molecule has 4 rings (SSSR count). The molecule has 1 aliphatic rings. The molecule has 0 aliphatic heterocycles. The van der Waals surface area contributed by atoms with E-state index < -0.39 is 5.54 Å². The molecule has 9 heteroatoms. The van der Waals surface area contributed by atoms with Crippen molar-refractivity contribution in [3.05, 3.63) is 41.8 Å². The van der Waals surface area contributed by atoms with Crippen molar-refractivity contribution in [1.29, 1.82) is 0 Å². The maximum absolute atomic E-state index is 6.27. The van der Waals surface area contributed by atoms with E-state index in [1.807, 2.05) is 24.3 Å². The molecule has 0 saturated heterocycles. The quantitative estimate of drug-likeness (QED) is 0.672. The minimum Gasteiger partial charge on any atom is -0.338 e. The van der Waals surface area contributed by atoms with Gasteiger partial charge in [0.25, 0.3) is 5.89 Å². The summed E-state index contributed by atoms with van der Waals surface area (Å²) in [6.45, 7) is 1.80. The van der Waals surface area contributed by atoms with Crippen molar-refractivity contribution in [2.75, 3.05) is 0 Å². The Morgan fingerprint density at radius 1 is 1.16 bits per heavy atom. The summed E-state index contributed by atoms with van der Waals surface area (Å²) < 4.78 is 10.6. The first-order valence-corrected chi connectivity index (χ1v) is 8.77. The normalized spacial score (nSPS) is 15.4. The fraction of sp³-hybridized carbons (Fsp3) is 0.375. The van der Waals surface area contributed by atoms with Crippen LogP contribution in [0, 0.1) is 6.92 Å². The molecular formula is C16H18ClN5O2S. The van der Waals surface area contributed by atoms with Gasteiger partial charge in [0.1, 0.15) is 0 Å². The first-order chi connectivity index (χ1) is 11.6. The Kier molecular flexibility index (Phi) is 5.12. The molecule has 132 valence electrons. The molecule has 3 aromatic rings. The van der Waals surface area contributed by atoms with Crippen molar-refractivity contribution in [1.82, 2.24) is 20.3 Å². The van der Waals surface area contributed by atoms with Crippen LogP contribution in [0.1, 0.15) is 36.8 Å². The molecule has 0 amide bonds. The van der Waals surface area contributed by atoms with E-state index in [1.54, 1.807) is 18.7 Å². The fourth-order valence-electron chi connectivity index (χ4n) is 2.62. The highest BCUT2D eigenvalue weighted by atomic mass is 35.5. The Balaban J connectivity index is 0.00000182. The molecule has 7 nitrogen and oxygen atoms in total. The molecule has 2 heterocycles. The van der Waals surface area contributed by atoms with Crippen LogP contribution in [-0.2, 0) is 11.3 Å². The summed E-state index contributed by atoms with van der Waals surface area (Å²) in [4.78, 5) is 9.76. The Hall–Kier alpha value is -1.90. The van der Waals surface area contributed by atoms with Crippen LogP contribution in [0.15, 0.2) is 38.2 Å². The van der Waals surface area contributed by atoms with Gasteiger partial charge >= 0.3 is 0 Å². The maximum atomic E-state index is 6.27. The van der Waals surface area contributed by atoms with Gasteiger partial charge in [0.2, 0.25) is 5.89 Å². The summed E-state index contributed by atoms with van der Waals surface area (Å²) in [7, 11) is 0. The van der Waals surface area contributed by atoms with E-state index in [0.717, 1.165) is 29.7 Å². The van der Waals surface area contributed by atoms with Crippen molar-refractivity contribution in [2.24, 2.45) is 5.73 Å². The number of hydrogen-bond acceptors (Lipinski definition) is 8. The Morgan fingerprint density at radius 2 is 1.96 bits per heavy atom. The lowest BCUT2D eigenvalue weighted by Gasteiger charge is -2.34. The van der Waals surface area contributed by atoms with Gasteiger partial charge in [-0.25, -0.2) is 0 Å². The van der Waals surface area contributed by atoms with E-state index in [-0.39, 0.29) is 12.4 Å². The van der Waals surface area contributed by atoms with Crippen molar-refractivity contribution in [3.8, 4) is 11.5 Å². The van der Waals surface area contributed by atoms with Crippen LogP contribution in [0.25, 0.3) is 11.5 Å². The van der Waals surface area contributed by atoms with Crippen LogP contribution in [0.3, 0.4) is 0 Å². The van der Waals surface area contributed by atoms with E-state index in [0.29, 0.717) is 29.2 Å². The molecule has 1 fully saturated rings. The van der Waals surface area contributed by atoms with E-state index in [2.05, 4.69) is 20.3 Å². The molecule has 1 aromatic carbocycles. The standard InChI is InChI=1S/C16H17N5O2S.ClH/c1-10-18-13(22-20-10)9-24-12-6-3-2-5-11(12)14-19-15(21-23-14)16(17)7-4-8-16;/h2-3,5-6H,4,7-9,17H2,1H3;1H. The van der Waals surface area contributed by atoms with Gasteiger partial charge in [-0.1, -0.05) is 22.4 Å². The largest absolute Gasteiger partial charge is 0.338 e. The molecule has 25 heavy (non-hydrogen) atoms. The van der Waals surface area contributed by atoms with Gasteiger partial charge in [0, 0.05) is 4.90 Å². The SMILES string of the molecule is Cc1noc(CSc2ccccc2-c2nc(C3(N)CCC3)no2)n1.Cl. The Bertz CT molecular complexity index is 862. The summed E-state index contributed by atoms with van der Waals surface area (Å²) in [6, 6.07) is 7.89. The van der Waals surface area contributed by atoms with E-state index >= 15 is 0 Å². The summed E-state index contributed by atoms with van der Waals surface area (Å²) in [5.41, 5.74) is 6.74. The number of halogens is 1. The topological polar surface area (TPSA) is 104 Å². The fourth-order valence-corrected chi connectivity index (χ4v) is 3.51. The zero-order chi connectivity index (χ0) is 16.6. The Labute approximate surface area is 155 Å². The van der Waals surface area contributed by atoms with Crippen LogP contribution in [0.5, 0.6) is 0 Å². The van der Waals surface area contributed by atoms with Crippen LogP contribution in [-0.4, -0.2) is 20.3 Å². The van der Waals surface area contributed by atoms with E-state index in [4.69, 9.17) is 14.8 Å². The second-order valence-electron chi connectivity index (χ2n) is 5.95. The van der Waals surface area contributed by atoms with Gasteiger partial charge < -0.3 is 14.8 Å². The number of hydrogen-bond donors (Lipinski definition) is 1. The van der Waals surface area contributed by atoms with Gasteiger partial charge in [0.15, 0.2) is 11.6 Å². The predicted molar refractivity (Wildman–Crippen MR) is 95.3 cm³/mol. The van der Waals surface area contributed by atoms with Gasteiger partial charge in [-0.2, -0.15) is 9.97 Å². The minimum absolute atomic E-state index is 0. The van der Waals surface area contributed by atoms with Gasteiger partial charge in [-0.05, 0) is 38.3 Å². The summed E-state index contributed by atoms with van der Waals surface area (Å²) >= 11 is 1.59. The maximum Gasteiger partial charge on any atom is 0.259 e. The summed E-state index contributed by atoms with van der Waals surface area (Å²) in [5, 5.41) is 7.89. The molecule has 1 saturated carbocycles. The molecular weight excluding hydrogens is 362 g/mol. The van der Waals surface area contributed by atoms with Crippen LogP contribution < -0.4 is 5.73 Å². The lowest BCUT2D eigenvalue weighted by atomic mass is 9.77. The second-order valence-corrected chi connectivity index (χ2v) is 6.97. The monoisotopic (exact) mass is 379 g/mol. The van der Waals surface area contributed by atoms with Crippen LogP contribution >= 0.6 is 24.2 Å². The zero-order valence-corrected chi connectivity index (χ0v) is 15.3. The van der Waals surface area contributed by atoms with Crippen molar-refractivity contribution in [2.45, 2.75) is 42.4 Å². The number of aromatic nitrogens is 4. The van der Waals surface area contributed by atoms with E-state index in [9.17, 15) is 0 Å². The number of benzene rings is 1. The Morgan fingerprint density at radius 3 is 2.64 bits per heavy atom. The molecule has 2 aromatic heterocycles.